The van der Waals surface area contributed by atoms with E-state index in [1.165, 1.54) is 22.9 Å². The SMILES string of the molecule is O=C(CSc1nc(=O)n(CC2CCCO2)c2c1CCCC2)N1CCc2ccccc21. The molecule has 1 aliphatic carbocycles. The van der Waals surface area contributed by atoms with Crippen LogP contribution in [0.3, 0.4) is 0 Å². The lowest BCUT2D eigenvalue weighted by atomic mass is 9.97. The van der Waals surface area contributed by atoms with Gasteiger partial charge in [0.1, 0.15) is 5.03 Å². The first kappa shape index (κ1) is 19.8. The fraction of sp³-hybridized carbons (Fsp3) is 0.522. The van der Waals surface area contributed by atoms with Gasteiger partial charge in [-0.15, -0.1) is 0 Å². The van der Waals surface area contributed by atoms with Gasteiger partial charge >= 0.3 is 5.69 Å². The van der Waals surface area contributed by atoms with Crippen LogP contribution in [-0.4, -0.2) is 40.5 Å². The molecule has 1 amide bonds. The first-order valence-corrected chi connectivity index (χ1v) is 11.9. The van der Waals surface area contributed by atoms with Crippen LogP contribution in [0.2, 0.25) is 0 Å². The minimum absolute atomic E-state index is 0.0832. The van der Waals surface area contributed by atoms with E-state index in [0.29, 0.717) is 12.3 Å². The van der Waals surface area contributed by atoms with Gasteiger partial charge in [0.25, 0.3) is 0 Å². The van der Waals surface area contributed by atoms with E-state index in [1.807, 2.05) is 27.7 Å². The Labute approximate surface area is 180 Å². The van der Waals surface area contributed by atoms with Crippen LogP contribution in [0.1, 0.15) is 42.5 Å². The zero-order valence-electron chi connectivity index (χ0n) is 17.1. The summed E-state index contributed by atoms with van der Waals surface area (Å²) in [7, 11) is 0. The molecule has 0 saturated carbocycles. The standard InChI is InChI=1S/C23H27N3O3S/c27-21(25-12-11-16-6-1-3-9-19(16)25)15-30-22-18-8-2-4-10-20(18)26(23(28)24-22)14-17-7-5-13-29-17/h1,3,6,9,17H,2,4-5,7-8,10-15H2. The van der Waals surface area contributed by atoms with Crippen LogP contribution < -0.4 is 10.6 Å². The second kappa shape index (κ2) is 8.55. The van der Waals surface area contributed by atoms with E-state index in [2.05, 4.69) is 11.1 Å². The monoisotopic (exact) mass is 425 g/mol. The zero-order chi connectivity index (χ0) is 20.5. The zero-order valence-corrected chi connectivity index (χ0v) is 18.0. The van der Waals surface area contributed by atoms with E-state index in [0.717, 1.165) is 74.5 Å². The van der Waals surface area contributed by atoms with Crippen molar-refractivity contribution in [3.05, 3.63) is 51.6 Å². The van der Waals surface area contributed by atoms with Gasteiger partial charge in [-0.3, -0.25) is 9.36 Å². The normalized spacial score (nSPS) is 20.3. The molecule has 7 heteroatoms. The summed E-state index contributed by atoms with van der Waals surface area (Å²) in [5, 5.41) is 0.749. The van der Waals surface area contributed by atoms with Crippen molar-refractivity contribution in [2.45, 2.75) is 62.6 Å². The van der Waals surface area contributed by atoms with E-state index >= 15 is 0 Å². The molecule has 2 aliphatic heterocycles. The molecule has 0 N–H and O–H groups in total. The van der Waals surface area contributed by atoms with Gasteiger partial charge in [-0.1, -0.05) is 30.0 Å². The maximum Gasteiger partial charge on any atom is 0.348 e. The highest BCUT2D eigenvalue weighted by Crippen LogP contribution is 2.31. The topological polar surface area (TPSA) is 64.4 Å². The predicted molar refractivity (Wildman–Crippen MR) is 117 cm³/mol. The summed E-state index contributed by atoms with van der Waals surface area (Å²) in [5.74, 6) is 0.392. The van der Waals surface area contributed by atoms with E-state index in [1.54, 1.807) is 0 Å². The minimum Gasteiger partial charge on any atom is -0.376 e. The Morgan fingerprint density at radius 3 is 2.90 bits per heavy atom. The molecule has 1 saturated heterocycles. The molecule has 1 aromatic heterocycles. The number of hydrogen-bond donors (Lipinski definition) is 0. The van der Waals surface area contributed by atoms with E-state index in [9.17, 15) is 9.59 Å². The van der Waals surface area contributed by atoms with Crippen LogP contribution in [0, 0.1) is 0 Å². The van der Waals surface area contributed by atoms with Crippen molar-refractivity contribution >= 4 is 23.4 Å². The molecule has 1 unspecified atom stereocenters. The van der Waals surface area contributed by atoms with Crippen LogP contribution in [0.5, 0.6) is 0 Å². The van der Waals surface area contributed by atoms with Crippen molar-refractivity contribution in [3.8, 4) is 0 Å². The van der Waals surface area contributed by atoms with Crippen molar-refractivity contribution in [1.29, 1.82) is 0 Å². The average molecular weight is 426 g/mol. The van der Waals surface area contributed by atoms with Crippen molar-refractivity contribution in [2.75, 3.05) is 23.8 Å². The largest absolute Gasteiger partial charge is 0.376 e. The van der Waals surface area contributed by atoms with Crippen molar-refractivity contribution in [3.63, 3.8) is 0 Å². The molecule has 3 aliphatic rings. The summed E-state index contributed by atoms with van der Waals surface area (Å²) in [5.41, 5.74) is 4.32. The third-order valence-electron chi connectivity index (χ3n) is 6.38. The summed E-state index contributed by atoms with van der Waals surface area (Å²) >= 11 is 1.42. The van der Waals surface area contributed by atoms with Crippen LogP contribution in [0.4, 0.5) is 5.69 Å². The molecule has 1 fully saturated rings. The molecular weight excluding hydrogens is 398 g/mol. The second-order valence-electron chi connectivity index (χ2n) is 8.29. The molecule has 5 rings (SSSR count). The number of nitrogens with zero attached hydrogens (tertiary/aromatic N) is 3. The van der Waals surface area contributed by atoms with E-state index in [4.69, 9.17) is 4.74 Å². The molecule has 2 aromatic rings. The summed E-state index contributed by atoms with van der Waals surface area (Å²) in [4.78, 5) is 32.0. The van der Waals surface area contributed by atoms with Gasteiger partial charge in [-0.25, -0.2) is 4.79 Å². The number of hydrogen-bond acceptors (Lipinski definition) is 5. The predicted octanol–water partition coefficient (Wildman–Crippen LogP) is 2.98. The Kier molecular flexibility index (Phi) is 5.65. The van der Waals surface area contributed by atoms with Crippen LogP contribution >= 0.6 is 11.8 Å². The second-order valence-corrected chi connectivity index (χ2v) is 9.25. The molecule has 1 atom stereocenters. The summed E-state index contributed by atoms with van der Waals surface area (Å²) < 4.78 is 7.60. The number of fused-ring (bicyclic) bond motifs is 2. The minimum atomic E-state index is -0.201. The summed E-state index contributed by atoms with van der Waals surface area (Å²) in [6.45, 7) is 2.11. The Morgan fingerprint density at radius 1 is 1.17 bits per heavy atom. The van der Waals surface area contributed by atoms with Gasteiger partial charge < -0.3 is 9.64 Å². The van der Waals surface area contributed by atoms with Gasteiger partial charge in [-0.2, -0.15) is 4.98 Å². The number of amides is 1. The van der Waals surface area contributed by atoms with Crippen molar-refractivity contribution < 1.29 is 9.53 Å². The molecule has 158 valence electrons. The number of anilines is 1. The number of aromatic nitrogens is 2. The third kappa shape index (κ3) is 3.81. The first-order valence-electron chi connectivity index (χ1n) is 11.0. The lowest BCUT2D eigenvalue weighted by Gasteiger charge is -2.24. The Bertz CT molecular complexity index is 1010. The molecule has 0 spiro atoms. The lowest BCUT2D eigenvalue weighted by molar-refractivity contribution is -0.116. The Morgan fingerprint density at radius 2 is 2.03 bits per heavy atom. The number of carbonyl (C=O) groups excluding carboxylic acids is 1. The Balaban J connectivity index is 1.35. The van der Waals surface area contributed by atoms with Gasteiger partial charge in [0, 0.05) is 30.1 Å². The maximum atomic E-state index is 12.9. The van der Waals surface area contributed by atoms with E-state index < -0.39 is 0 Å². The lowest BCUT2D eigenvalue weighted by Crippen LogP contribution is -2.34. The molecule has 1 aromatic carbocycles. The van der Waals surface area contributed by atoms with Crippen LogP contribution in [-0.2, 0) is 35.3 Å². The molecule has 0 radical (unpaired) electrons. The quantitative estimate of drug-likeness (QED) is 0.544. The number of rotatable bonds is 5. The van der Waals surface area contributed by atoms with Gasteiger partial charge in [-0.05, 0) is 56.6 Å². The summed E-state index contributed by atoms with van der Waals surface area (Å²) in [6, 6.07) is 8.09. The highest BCUT2D eigenvalue weighted by atomic mass is 32.2. The van der Waals surface area contributed by atoms with Crippen LogP contribution in [0.25, 0.3) is 0 Å². The highest BCUT2D eigenvalue weighted by molar-refractivity contribution is 8.00. The summed E-state index contributed by atoms with van der Waals surface area (Å²) in [6.07, 6.45) is 7.11. The molecule has 3 heterocycles. The van der Waals surface area contributed by atoms with Gasteiger partial charge in [0.15, 0.2) is 0 Å². The first-order chi connectivity index (χ1) is 14.7. The maximum absolute atomic E-state index is 12.9. The molecular formula is C23H27N3O3S. The van der Waals surface area contributed by atoms with Crippen LogP contribution in [0.15, 0.2) is 34.1 Å². The average Bonchev–Trinajstić information content (AvgIpc) is 3.44. The molecule has 6 nitrogen and oxygen atoms in total. The number of ether oxygens (including phenoxy) is 1. The van der Waals surface area contributed by atoms with E-state index in [-0.39, 0.29) is 17.7 Å². The Hall–Kier alpha value is -2.12. The van der Waals surface area contributed by atoms with Gasteiger partial charge in [0.05, 0.1) is 18.4 Å². The fourth-order valence-electron chi connectivity index (χ4n) is 4.85. The number of benzene rings is 1. The van der Waals surface area contributed by atoms with Crippen molar-refractivity contribution in [2.24, 2.45) is 0 Å². The fourth-order valence-corrected chi connectivity index (χ4v) is 5.81. The molecule has 30 heavy (non-hydrogen) atoms. The highest BCUT2D eigenvalue weighted by Gasteiger charge is 2.27. The van der Waals surface area contributed by atoms with Gasteiger partial charge in [0.2, 0.25) is 5.91 Å². The molecule has 0 bridgehead atoms. The smallest absolute Gasteiger partial charge is 0.348 e. The number of carbonyl (C=O) groups is 1. The van der Waals surface area contributed by atoms with Crippen molar-refractivity contribution in [1.82, 2.24) is 9.55 Å². The number of thioether (sulfide) groups is 1. The number of para-hydroxylation sites is 1. The third-order valence-corrected chi connectivity index (χ3v) is 7.38.